The summed E-state index contributed by atoms with van der Waals surface area (Å²) in [5, 5.41) is 4.78. The van der Waals surface area contributed by atoms with Crippen LogP contribution in [0.15, 0.2) is 66.7 Å². The van der Waals surface area contributed by atoms with Crippen molar-refractivity contribution in [1.29, 1.82) is 0 Å². The van der Waals surface area contributed by atoms with Gasteiger partial charge >= 0.3 is 5.97 Å². The molecule has 0 aromatic heterocycles. The summed E-state index contributed by atoms with van der Waals surface area (Å²) in [7, 11) is 1.29. The van der Waals surface area contributed by atoms with E-state index in [0.29, 0.717) is 5.56 Å². The van der Waals surface area contributed by atoms with Crippen molar-refractivity contribution in [3.8, 4) is 11.1 Å². The van der Waals surface area contributed by atoms with E-state index in [2.05, 4.69) is 10.1 Å². The molecule has 0 atom stereocenters. The lowest BCUT2D eigenvalue weighted by molar-refractivity contribution is -0.139. The van der Waals surface area contributed by atoms with E-state index in [1.54, 1.807) is 6.07 Å². The summed E-state index contributed by atoms with van der Waals surface area (Å²) < 4.78 is 4.56. The van der Waals surface area contributed by atoms with Crippen LogP contribution < -0.4 is 5.32 Å². The van der Waals surface area contributed by atoms with E-state index in [1.807, 2.05) is 60.7 Å². The number of methoxy groups -OCH3 is 1. The molecule has 0 bridgehead atoms. The van der Waals surface area contributed by atoms with E-state index in [-0.39, 0.29) is 12.5 Å². The van der Waals surface area contributed by atoms with Gasteiger partial charge in [0, 0.05) is 5.56 Å². The Morgan fingerprint density at radius 2 is 1.54 bits per heavy atom. The van der Waals surface area contributed by atoms with Gasteiger partial charge in [-0.15, -0.1) is 0 Å². The zero-order chi connectivity index (χ0) is 16.9. The molecule has 0 aliphatic carbocycles. The molecule has 0 saturated carbocycles. The third-order valence-corrected chi connectivity index (χ3v) is 3.87. The average molecular weight is 319 g/mol. The highest BCUT2D eigenvalue weighted by Crippen LogP contribution is 2.30. The molecule has 0 fully saturated rings. The summed E-state index contributed by atoms with van der Waals surface area (Å²) in [5.41, 5.74) is 2.34. The zero-order valence-electron chi connectivity index (χ0n) is 13.3. The third-order valence-electron chi connectivity index (χ3n) is 3.87. The Bertz CT molecular complexity index is 897. The van der Waals surface area contributed by atoms with Crippen LogP contribution in [0.5, 0.6) is 0 Å². The Balaban J connectivity index is 2.03. The maximum absolute atomic E-state index is 12.5. The number of ether oxygens (including phenoxy) is 1. The van der Waals surface area contributed by atoms with Gasteiger partial charge in [0.05, 0.1) is 7.11 Å². The molecular weight excluding hydrogens is 302 g/mol. The lowest BCUT2D eigenvalue weighted by atomic mass is 9.94. The van der Waals surface area contributed by atoms with Gasteiger partial charge in [-0.05, 0) is 28.0 Å². The fourth-order valence-electron chi connectivity index (χ4n) is 2.70. The summed E-state index contributed by atoms with van der Waals surface area (Å²) in [5.74, 6) is -0.782. The van der Waals surface area contributed by atoms with Crippen LogP contribution >= 0.6 is 0 Å². The van der Waals surface area contributed by atoms with Crippen molar-refractivity contribution in [2.75, 3.05) is 13.7 Å². The van der Waals surface area contributed by atoms with Crippen LogP contribution in [-0.4, -0.2) is 25.5 Å². The fourth-order valence-corrected chi connectivity index (χ4v) is 2.70. The van der Waals surface area contributed by atoms with Crippen LogP contribution in [0, 0.1) is 0 Å². The summed E-state index contributed by atoms with van der Waals surface area (Å²) in [6, 6.07) is 21.4. The second-order valence-electron chi connectivity index (χ2n) is 5.33. The predicted octanol–water partition coefficient (Wildman–Crippen LogP) is 3.41. The highest BCUT2D eigenvalue weighted by Gasteiger charge is 2.14. The molecule has 3 rings (SSSR count). The monoisotopic (exact) mass is 319 g/mol. The Kier molecular flexibility index (Phi) is 4.57. The van der Waals surface area contributed by atoms with Crippen molar-refractivity contribution in [1.82, 2.24) is 5.32 Å². The first-order valence-corrected chi connectivity index (χ1v) is 7.63. The fraction of sp³-hybridized carbons (Fsp3) is 0.100. The smallest absolute Gasteiger partial charge is 0.325 e. The summed E-state index contributed by atoms with van der Waals surface area (Å²) in [4.78, 5) is 23.7. The van der Waals surface area contributed by atoms with Crippen molar-refractivity contribution in [2.24, 2.45) is 0 Å². The van der Waals surface area contributed by atoms with Crippen LogP contribution in [0.2, 0.25) is 0 Å². The van der Waals surface area contributed by atoms with Gasteiger partial charge in [-0.25, -0.2) is 0 Å². The topological polar surface area (TPSA) is 55.4 Å². The first kappa shape index (κ1) is 15.7. The van der Waals surface area contributed by atoms with Crippen molar-refractivity contribution >= 4 is 22.6 Å². The van der Waals surface area contributed by atoms with E-state index in [4.69, 9.17) is 0 Å². The molecule has 0 aliphatic heterocycles. The normalized spacial score (nSPS) is 10.4. The quantitative estimate of drug-likeness (QED) is 0.750. The standard InChI is InChI=1S/C20H17NO3/c1-24-19(22)13-21-20(23)18-11-5-4-10-17(18)16-12-6-8-14-7-2-3-9-15(14)16/h2-12H,13H2,1H3,(H,21,23). The minimum Gasteiger partial charge on any atom is -0.468 e. The van der Waals surface area contributed by atoms with Gasteiger partial charge in [-0.2, -0.15) is 0 Å². The van der Waals surface area contributed by atoms with Gasteiger partial charge in [0.2, 0.25) is 0 Å². The van der Waals surface area contributed by atoms with Crippen molar-refractivity contribution < 1.29 is 14.3 Å². The highest BCUT2D eigenvalue weighted by atomic mass is 16.5. The maximum Gasteiger partial charge on any atom is 0.325 e. The first-order chi connectivity index (χ1) is 11.7. The molecule has 24 heavy (non-hydrogen) atoms. The van der Waals surface area contributed by atoms with Crippen LogP contribution in [0.4, 0.5) is 0 Å². The molecule has 0 unspecified atom stereocenters. The van der Waals surface area contributed by atoms with Crippen LogP contribution in [0.25, 0.3) is 21.9 Å². The number of hydrogen-bond acceptors (Lipinski definition) is 3. The van der Waals surface area contributed by atoms with E-state index in [9.17, 15) is 9.59 Å². The molecule has 3 aromatic carbocycles. The molecule has 1 N–H and O–H groups in total. The molecule has 0 radical (unpaired) electrons. The Morgan fingerprint density at radius 1 is 0.875 bits per heavy atom. The number of fused-ring (bicyclic) bond motifs is 1. The van der Waals surface area contributed by atoms with Crippen LogP contribution in [-0.2, 0) is 9.53 Å². The molecule has 0 spiro atoms. The van der Waals surface area contributed by atoms with Crippen molar-refractivity contribution in [3.63, 3.8) is 0 Å². The molecule has 3 aromatic rings. The number of benzene rings is 3. The Hall–Kier alpha value is -3.14. The van der Waals surface area contributed by atoms with E-state index in [0.717, 1.165) is 21.9 Å². The minimum absolute atomic E-state index is 0.154. The second-order valence-corrected chi connectivity index (χ2v) is 5.33. The number of nitrogens with one attached hydrogen (secondary N) is 1. The van der Waals surface area contributed by atoms with Crippen molar-refractivity contribution in [3.05, 3.63) is 72.3 Å². The number of esters is 1. The summed E-state index contributed by atoms with van der Waals surface area (Å²) in [6.45, 7) is -0.154. The van der Waals surface area contributed by atoms with Crippen LogP contribution in [0.3, 0.4) is 0 Å². The van der Waals surface area contributed by atoms with Gasteiger partial charge in [-0.3, -0.25) is 9.59 Å². The van der Waals surface area contributed by atoms with E-state index < -0.39 is 5.97 Å². The summed E-state index contributed by atoms with van der Waals surface area (Å²) >= 11 is 0. The predicted molar refractivity (Wildman–Crippen MR) is 93.7 cm³/mol. The lowest BCUT2D eigenvalue weighted by Crippen LogP contribution is -2.30. The Morgan fingerprint density at radius 3 is 2.38 bits per heavy atom. The lowest BCUT2D eigenvalue weighted by Gasteiger charge is -2.12. The highest BCUT2D eigenvalue weighted by molar-refractivity contribution is 6.06. The molecule has 0 saturated heterocycles. The SMILES string of the molecule is COC(=O)CNC(=O)c1ccccc1-c1cccc2ccccc12. The van der Waals surface area contributed by atoms with Gasteiger partial charge in [-0.1, -0.05) is 60.7 Å². The minimum atomic E-state index is -0.481. The average Bonchev–Trinajstić information content (AvgIpc) is 2.65. The number of carbonyl (C=O) groups excluding carboxylic acids is 2. The molecule has 120 valence electrons. The zero-order valence-corrected chi connectivity index (χ0v) is 13.3. The molecule has 4 heteroatoms. The maximum atomic E-state index is 12.5. The number of amides is 1. The van der Waals surface area contributed by atoms with Gasteiger partial charge in [0.15, 0.2) is 0 Å². The summed E-state index contributed by atoms with van der Waals surface area (Å²) in [6.07, 6.45) is 0. The molecule has 1 amide bonds. The molecular formula is C20H17NO3. The second kappa shape index (κ2) is 6.96. The molecule has 0 heterocycles. The van der Waals surface area contributed by atoms with E-state index >= 15 is 0 Å². The van der Waals surface area contributed by atoms with Crippen LogP contribution in [0.1, 0.15) is 10.4 Å². The Labute approximate surface area is 140 Å². The number of carbonyl (C=O) groups is 2. The van der Waals surface area contributed by atoms with Gasteiger partial charge in [0.25, 0.3) is 5.91 Å². The molecule has 0 aliphatic rings. The largest absolute Gasteiger partial charge is 0.468 e. The number of hydrogen-bond donors (Lipinski definition) is 1. The van der Waals surface area contributed by atoms with Crippen molar-refractivity contribution in [2.45, 2.75) is 0 Å². The van der Waals surface area contributed by atoms with Gasteiger partial charge in [0.1, 0.15) is 6.54 Å². The molecule has 4 nitrogen and oxygen atoms in total. The van der Waals surface area contributed by atoms with E-state index in [1.165, 1.54) is 7.11 Å². The van der Waals surface area contributed by atoms with Gasteiger partial charge < -0.3 is 10.1 Å². The third kappa shape index (κ3) is 3.13. The number of rotatable bonds is 4. The first-order valence-electron chi connectivity index (χ1n) is 7.63.